The number of hydrogen-bond donors (Lipinski definition) is 0. The molecule has 162 valence electrons. The Balaban J connectivity index is 1.61. The van der Waals surface area contributed by atoms with E-state index in [1.54, 1.807) is 0 Å². The summed E-state index contributed by atoms with van der Waals surface area (Å²) in [7, 11) is 0. The molecule has 1 fully saturated rings. The van der Waals surface area contributed by atoms with Crippen LogP contribution in [0.25, 0.3) is 0 Å². The summed E-state index contributed by atoms with van der Waals surface area (Å²) in [4.78, 5) is 15.1. The molecule has 0 unspecified atom stereocenters. The minimum atomic E-state index is 0.0234. The van der Waals surface area contributed by atoms with Crippen LogP contribution >= 0.6 is 0 Å². The normalized spacial score (nSPS) is 18.0. The van der Waals surface area contributed by atoms with Crippen LogP contribution in [0.5, 0.6) is 5.75 Å². The number of aryl methyl sites for hydroxylation is 1. The lowest BCUT2D eigenvalue weighted by atomic mass is 9.97. The Morgan fingerprint density at radius 3 is 2.58 bits per heavy atom. The monoisotopic (exact) mass is 416 g/mol. The van der Waals surface area contributed by atoms with Gasteiger partial charge in [0.15, 0.2) is 0 Å². The van der Waals surface area contributed by atoms with Gasteiger partial charge in [-0.2, -0.15) is 5.26 Å². The van der Waals surface area contributed by atoms with Gasteiger partial charge in [-0.3, -0.25) is 4.79 Å². The summed E-state index contributed by atoms with van der Waals surface area (Å²) in [6.45, 7) is 5.22. The van der Waals surface area contributed by atoms with Gasteiger partial charge in [0.2, 0.25) is 5.91 Å². The number of allylic oxidation sites excluding steroid dienone is 1. The van der Waals surface area contributed by atoms with Gasteiger partial charge in [0.25, 0.3) is 0 Å². The van der Waals surface area contributed by atoms with Crippen LogP contribution in [0, 0.1) is 17.2 Å². The zero-order valence-electron chi connectivity index (χ0n) is 18.2. The van der Waals surface area contributed by atoms with Crippen molar-refractivity contribution in [2.24, 2.45) is 5.92 Å². The molecule has 1 aliphatic rings. The Bertz CT molecular complexity index is 870. The van der Waals surface area contributed by atoms with Gasteiger partial charge in [0.05, 0.1) is 18.7 Å². The molecule has 2 aromatic rings. The second-order valence-corrected chi connectivity index (χ2v) is 8.13. The molecule has 2 aromatic carbocycles. The first-order chi connectivity index (χ1) is 15.2. The third-order valence-corrected chi connectivity index (χ3v) is 5.89. The molecule has 1 heterocycles. The van der Waals surface area contributed by atoms with E-state index in [9.17, 15) is 4.79 Å². The van der Waals surface area contributed by atoms with Gasteiger partial charge in [-0.25, -0.2) is 0 Å². The predicted octanol–water partition coefficient (Wildman–Crippen LogP) is 5.86. The number of nitriles is 1. The molecule has 0 radical (unpaired) electrons. The van der Waals surface area contributed by atoms with Crippen molar-refractivity contribution < 1.29 is 9.53 Å². The van der Waals surface area contributed by atoms with E-state index in [4.69, 9.17) is 10.00 Å². The van der Waals surface area contributed by atoms with Crippen molar-refractivity contribution in [2.75, 3.05) is 13.2 Å². The number of rotatable bonds is 12. The molecule has 1 amide bonds. The van der Waals surface area contributed by atoms with E-state index < -0.39 is 0 Å². The predicted molar refractivity (Wildman–Crippen MR) is 124 cm³/mol. The molecule has 4 nitrogen and oxygen atoms in total. The lowest BCUT2D eigenvalue weighted by molar-refractivity contribution is -0.132. The first-order valence-corrected chi connectivity index (χ1v) is 11.3. The van der Waals surface area contributed by atoms with Crippen LogP contribution < -0.4 is 4.74 Å². The summed E-state index contributed by atoms with van der Waals surface area (Å²) in [5.41, 5.74) is 2.47. The molecule has 0 aromatic heterocycles. The highest BCUT2D eigenvalue weighted by atomic mass is 16.5. The summed E-state index contributed by atoms with van der Waals surface area (Å²) in [6, 6.07) is 20.9. The molecule has 3 rings (SSSR count). The fraction of sp³-hybridized carbons (Fsp3) is 0.407. The fourth-order valence-corrected chi connectivity index (χ4v) is 4.25. The number of hydrogen-bond acceptors (Lipinski definition) is 3. The van der Waals surface area contributed by atoms with Gasteiger partial charge in [-0.15, -0.1) is 6.58 Å². The van der Waals surface area contributed by atoms with Crippen molar-refractivity contribution in [2.45, 2.75) is 51.0 Å². The lowest BCUT2D eigenvalue weighted by Crippen LogP contribution is -2.30. The number of carbonyl (C=O) groups excluding carboxylic acids is 1. The van der Waals surface area contributed by atoms with Gasteiger partial charge < -0.3 is 9.64 Å². The second-order valence-electron chi connectivity index (χ2n) is 8.13. The maximum absolute atomic E-state index is 13.0. The van der Waals surface area contributed by atoms with Crippen LogP contribution in [0.2, 0.25) is 0 Å². The first-order valence-electron chi connectivity index (χ1n) is 11.3. The Labute approximate surface area is 186 Å². The molecule has 0 saturated carbocycles. The molecule has 2 atom stereocenters. The molecule has 0 spiro atoms. The maximum Gasteiger partial charge on any atom is 0.226 e. The van der Waals surface area contributed by atoms with Crippen molar-refractivity contribution in [3.63, 3.8) is 0 Å². The van der Waals surface area contributed by atoms with Crippen LogP contribution in [0.4, 0.5) is 0 Å². The standard InChI is InChI=1S/C27H32N2O2/c1-2-10-24-21-26(23-14-16-25(17-15-23)31-20-8-4-7-18-28)29(27(24)30)19-9-13-22-11-5-3-6-12-22/h2-3,5-6,11-12,14-17,24,26H,1,4,7-10,13,19-21H2/t24-,26+/m0/s1. The smallest absolute Gasteiger partial charge is 0.226 e. The van der Waals surface area contributed by atoms with Gasteiger partial charge >= 0.3 is 0 Å². The molecule has 4 heteroatoms. The third-order valence-electron chi connectivity index (χ3n) is 5.89. The largest absolute Gasteiger partial charge is 0.494 e. The van der Waals surface area contributed by atoms with Crippen LogP contribution in [-0.4, -0.2) is 24.0 Å². The Hall–Kier alpha value is -3.06. The van der Waals surface area contributed by atoms with E-state index in [0.717, 1.165) is 56.4 Å². The van der Waals surface area contributed by atoms with Crippen molar-refractivity contribution in [3.8, 4) is 11.8 Å². The van der Waals surface area contributed by atoms with Gasteiger partial charge in [0, 0.05) is 18.9 Å². The molecule has 0 bridgehead atoms. The fourth-order valence-electron chi connectivity index (χ4n) is 4.25. The maximum atomic E-state index is 13.0. The zero-order valence-corrected chi connectivity index (χ0v) is 18.2. The number of unbranched alkanes of at least 4 members (excludes halogenated alkanes) is 2. The minimum absolute atomic E-state index is 0.0234. The highest BCUT2D eigenvalue weighted by Gasteiger charge is 2.38. The van der Waals surface area contributed by atoms with E-state index in [0.29, 0.717) is 13.0 Å². The molecular weight excluding hydrogens is 384 g/mol. The van der Waals surface area contributed by atoms with E-state index in [1.165, 1.54) is 5.56 Å². The highest BCUT2D eigenvalue weighted by Crippen LogP contribution is 2.38. The number of carbonyl (C=O) groups is 1. The van der Waals surface area contributed by atoms with Crippen LogP contribution in [0.3, 0.4) is 0 Å². The zero-order chi connectivity index (χ0) is 21.9. The van der Waals surface area contributed by atoms with Crippen molar-refractivity contribution >= 4 is 5.91 Å². The Kier molecular flexibility index (Phi) is 8.72. The Morgan fingerprint density at radius 2 is 1.87 bits per heavy atom. The third kappa shape index (κ3) is 6.46. The van der Waals surface area contributed by atoms with Gasteiger partial charge in [0.1, 0.15) is 5.75 Å². The first kappa shape index (κ1) is 22.6. The SMILES string of the molecule is C=CC[C@H]1C[C@H](c2ccc(OCCCCC#N)cc2)N(CCCc2ccccc2)C1=O. The number of ether oxygens (including phenoxy) is 1. The lowest BCUT2D eigenvalue weighted by Gasteiger charge is -2.25. The van der Waals surface area contributed by atoms with Crippen LogP contribution in [-0.2, 0) is 11.2 Å². The summed E-state index contributed by atoms with van der Waals surface area (Å²) < 4.78 is 5.79. The molecule has 31 heavy (non-hydrogen) atoms. The van der Waals surface area contributed by atoms with Gasteiger partial charge in [-0.1, -0.05) is 48.5 Å². The van der Waals surface area contributed by atoms with Crippen LogP contribution in [0.1, 0.15) is 55.7 Å². The van der Waals surface area contributed by atoms with Crippen molar-refractivity contribution in [1.82, 2.24) is 4.90 Å². The van der Waals surface area contributed by atoms with Gasteiger partial charge in [-0.05, 0) is 61.8 Å². The highest BCUT2D eigenvalue weighted by molar-refractivity contribution is 5.82. The summed E-state index contributed by atoms with van der Waals surface area (Å²) in [6.07, 6.45) is 7.67. The van der Waals surface area contributed by atoms with Crippen molar-refractivity contribution in [1.29, 1.82) is 5.26 Å². The molecule has 1 saturated heterocycles. The number of likely N-dealkylation sites (tertiary alicyclic amines) is 1. The number of benzene rings is 2. The summed E-state index contributed by atoms with van der Waals surface area (Å²) in [5, 5.41) is 8.60. The minimum Gasteiger partial charge on any atom is -0.494 e. The molecule has 0 aliphatic carbocycles. The van der Waals surface area contributed by atoms with E-state index >= 15 is 0 Å². The molecule has 1 aliphatic heterocycles. The van der Waals surface area contributed by atoms with Crippen molar-refractivity contribution in [3.05, 3.63) is 78.4 Å². The van der Waals surface area contributed by atoms with E-state index in [2.05, 4.69) is 53.9 Å². The quantitative estimate of drug-likeness (QED) is 0.322. The number of nitrogens with zero attached hydrogens (tertiary/aromatic N) is 2. The topological polar surface area (TPSA) is 53.3 Å². The average Bonchev–Trinajstić information content (AvgIpc) is 3.10. The van der Waals surface area contributed by atoms with E-state index in [1.807, 2.05) is 24.3 Å². The average molecular weight is 417 g/mol. The Morgan fingerprint density at radius 1 is 1.10 bits per heavy atom. The summed E-state index contributed by atoms with van der Waals surface area (Å²) in [5.74, 6) is 1.11. The van der Waals surface area contributed by atoms with E-state index in [-0.39, 0.29) is 17.9 Å². The molecule has 0 N–H and O–H groups in total. The van der Waals surface area contributed by atoms with Crippen LogP contribution in [0.15, 0.2) is 67.3 Å². The summed E-state index contributed by atoms with van der Waals surface area (Å²) >= 11 is 0. The second kappa shape index (κ2) is 12.0. The molecular formula is C27H32N2O2. The number of amides is 1.